The third-order valence-corrected chi connectivity index (χ3v) is 3.61. The van der Waals surface area contributed by atoms with E-state index in [4.69, 9.17) is 0 Å². The molecule has 0 fully saturated rings. The molecule has 0 spiro atoms. The molecule has 102 valence electrons. The molecule has 0 aliphatic carbocycles. The van der Waals surface area contributed by atoms with Gasteiger partial charge < -0.3 is 0 Å². The third-order valence-electron chi connectivity index (χ3n) is 3.61. The minimum Gasteiger partial charge on any atom is -0.184 e. The van der Waals surface area contributed by atoms with E-state index in [0.717, 1.165) is 0 Å². The molecule has 0 heterocycles. The van der Waals surface area contributed by atoms with Gasteiger partial charge in [0.05, 0.1) is 0 Å². The number of benzene rings is 1. The van der Waals surface area contributed by atoms with Gasteiger partial charge in [-0.05, 0) is 0 Å². The molecule has 0 aliphatic heterocycles. The molecule has 0 bridgehead atoms. The quantitative estimate of drug-likeness (QED) is 0.329. The molecule has 1 rings (SSSR count). The first kappa shape index (κ1) is 19.2. The fourth-order valence-electron chi connectivity index (χ4n) is 2.40. The van der Waals surface area contributed by atoms with E-state index < -0.39 is 0 Å². The molecule has 0 aromatic heterocycles. The zero-order chi connectivity index (χ0) is 12.9. The van der Waals surface area contributed by atoms with Crippen molar-refractivity contribution >= 4 is 0 Å². The average Bonchev–Trinajstić information content (AvgIpc) is 2.42. The second-order valence-corrected chi connectivity index (χ2v) is 5.34. The molecule has 19 heavy (non-hydrogen) atoms. The maximum absolute atomic E-state index is 3.07. The van der Waals surface area contributed by atoms with E-state index in [1.54, 1.807) is 0 Å². The second-order valence-electron chi connectivity index (χ2n) is 5.34. The number of aryl methyl sites for hydroxylation is 1. The van der Waals surface area contributed by atoms with Crippen LogP contribution < -0.4 is 29.6 Å². The van der Waals surface area contributed by atoms with Gasteiger partial charge in [-0.25, -0.2) is 0 Å². The zero-order valence-corrected chi connectivity index (χ0v) is 15.1. The Bertz CT molecular complexity index is 268. The van der Waals surface area contributed by atoms with Crippen molar-refractivity contribution in [3.05, 3.63) is 35.9 Å². The van der Waals surface area contributed by atoms with Crippen LogP contribution in [0.3, 0.4) is 0 Å². The van der Waals surface area contributed by atoms with E-state index in [9.17, 15) is 0 Å². The van der Waals surface area contributed by atoms with Crippen LogP contribution in [0.1, 0.15) is 76.7 Å². The Morgan fingerprint density at radius 2 is 1.21 bits per heavy atom. The van der Waals surface area contributed by atoms with Gasteiger partial charge in [-0.3, -0.25) is 0 Å². The number of rotatable bonds is 11. The number of unbranched alkanes of at least 4 members (excludes halogenated alkanes) is 9. The van der Waals surface area contributed by atoms with Crippen molar-refractivity contribution in [2.75, 3.05) is 0 Å². The Labute approximate surface area is 142 Å². The van der Waals surface area contributed by atoms with Crippen LogP contribution in [0.25, 0.3) is 0 Å². The third kappa shape index (κ3) is 11.7. The van der Waals surface area contributed by atoms with Crippen molar-refractivity contribution in [3.8, 4) is 0 Å². The molecular formula is C18H29Na. The van der Waals surface area contributed by atoms with Gasteiger partial charge in [0.15, 0.2) is 0 Å². The van der Waals surface area contributed by atoms with E-state index >= 15 is 0 Å². The minimum absolute atomic E-state index is 0. The number of hydrogen-bond donors (Lipinski definition) is 0. The molecule has 0 nitrogen and oxygen atoms in total. The van der Waals surface area contributed by atoms with Crippen LogP contribution >= 0.6 is 0 Å². The van der Waals surface area contributed by atoms with E-state index in [1.807, 2.05) is 12.1 Å². The largest absolute Gasteiger partial charge is 1.00 e. The molecule has 0 saturated heterocycles. The molecule has 0 saturated carbocycles. The minimum atomic E-state index is 0. The van der Waals surface area contributed by atoms with Gasteiger partial charge in [0.25, 0.3) is 0 Å². The van der Waals surface area contributed by atoms with Crippen LogP contribution in [0.2, 0.25) is 0 Å². The molecule has 0 amide bonds. The van der Waals surface area contributed by atoms with Crippen LogP contribution in [0, 0.1) is 6.07 Å². The fraction of sp³-hybridized carbons (Fsp3) is 0.667. The van der Waals surface area contributed by atoms with Crippen molar-refractivity contribution < 1.29 is 29.6 Å². The van der Waals surface area contributed by atoms with Gasteiger partial charge >= 0.3 is 29.6 Å². The average molecular weight is 268 g/mol. The van der Waals surface area contributed by atoms with Crippen LogP contribution in [-0.4, -0.2) is 0 Å². The summed E-state index contributed by atoms with van der Waals surface area (Å²) in [5.74, 6) is 0. The smallest absolute Gasteiger partial charge is 0.184 e. The summed E-state index contributed by atoms with van der Waals surface area (Å²) in [4.78, 5) is 0. The maximum Gasteiger partial charge on any atom is 1.00 e. The summed E-state index contributed by atoms with van der Waals surface area (Å²) in [6, 6.07) is 11.5. The van der Waals surface area contributed by atoms with Crippen molar-refractivity contribution in [1.82, 2.24) is 0 Å². The van der Waals surface area contributed by atoms with Gasteiger partial charge in [-0.2, -0.15) is 35.9 Å². The van der Waals surface area contributed by atoms with Gasteiger partial charge in [-0.15, -0.1) is 0 Å². The van der Waals surface area contributed by atoms with Crippen molar-refractivity contribution in [2.45, 2.75) is 77.6 Å². The molecule has 0 radical (unpaired) electrons. The predicted octanol–water partition coefficient (Wildman–Crippen LogP) is 2.95. The van der Waals surface area contributed by atoms with Gasteiger partial charge in [0.1, 0.15) is 0 Å². The van der Waals surface area contributed by atoms with Crippen molar-refractivity contribution in [3.63, 3.8) is 0 Å². The van der Waals surface area contributed by atoms with Crippen LogP contribution in [0.15, 0.2) is 24.3 Å². The molecule has 1 aromatic rings. The Hall–Kier alpha value is 0.220. The Morgan fingerprint density at radius 1 is 0.737 bits per heavy atom. The van der Waals surface area contributed by atoms with Crippen molar-refractivity contribution in [1.29, 1.82) is 0 Å². The van der Waals surface area contributed by atoms with E-state index in [1.165, 1.54) is 76.2 Å². The van der Waals surface area contributed by atoms with Gasteiger partial charge in [-0.1, -0.05) is 77.6 Å². The molecular weight excluding hydrogens is 239 g/mol. The molecule has 0 unspecified atom stereocenters. The van der Waals surface area contributed by atoms with Crippen LogP contribution in [-0.2, 0) is 6.42 Å². The summed E-state index contributed by atoms with van der Waals surface area (Å²) in [5.41, 5.74) is 1.47. The molecule has 0 atom stereocenters. The SMILES string of the molecule is CCCCCCCCCCCCc1cc[c-]cc1.[Na+]. The standard InChI is InChI=1S/C18H29.Na/c1-2-3-4-5-6-7-8-9-10-12-15-18-16-13-11-14-17-18;/h13-14,16-17H,2-10,12,15H2,1H3;/q-1;+1. The first-order chi connectivity index (χ1) is 8.93. The fourth-order valence-corrected chi connectivity index (χ4v) is 2.40. The number of hydrogen-bond acceptors (Lipinski definition) is 0. The van der Waals surface area contributed by atoms with Gasteiger partial charge in [0.2, 0.25) is 0 Å². The Kier molecular flexibility index (Phi) is 14.8. The summed E-state index contributed by atoms with van der Waals surface area (Å²) < 4.78 is 0. The Balaban J connectivity index is 0.00000324. The molecule has 0 N–H and O–H groups in total. The second kappa shape index (κ2) is 14.6. The zero-order valence-electron chi connectivity index (χ0n) is 13.1. The van der Waals surface area contributed by atoms with Gasteiger partial charge in [0, 0.05) is 0 Å². The van der Waals surface area contributed by atoms with E-state index in [2.05, 4.69) is 25.1 Å². The maximum atomic E-state index is 3.07. The normalized spacial score (nSPS) is 10.2. The monoisotopic (exact) mass is 268 g/mol. The topological polar surface area (TPSA) is 0 Å². The van der Waals surface area contributed by atoms with Crippen molar-refractivity contribution in [2.24, 2.45) is 0 Å². The first-order valence-electron chi connectivity index (χ1n) is 7.88. The summed E-state index contributed by atoms with van der Waals surface area (Å²) >= 11 is 0. The molecule has 0 aliphatic rings. The summed E-state index contributed by atoms with van der Waals surface area (Å²) in [7, 11) is 0. The summed E-state index contributed by atoms with van der Waals surface area (Å²) in [6.07, 6.45) is 15.4. The van der Waals surface area contributed by atoms with Crippen LogP contribution in [0.4, 0.5) is 0 Å². The van der Waals surface area contributed by atoms with E-state index in [0.29, 0.717) is 0 Å². The molecule has 1 heteroatoms. The Morgan fingerprint density at radius 3 is 1.74 bits per heavy atom. The summed E-state index contributed by atoms with van der Waals surface area (Å²) in [5, 5.41) is 0. The first-order valence-corrected chi connectivity index (χ1v) is 7.88. The predicted molar refractivity (Wildman–Crippen MR) is 80.8 cm³/mol. The summed E-state index contributed by atoms with van der Waals surface area (Å²) in [6.45, 7) is 2.28. The van der Waals surface area contributed by atoms with E-state index in [-0.39, 0.29) is 29.6 Å². The van der Waals surface area contributed by atoms with Crippen LogP contribution in [0.5, 0.6) is 0 Å². The molecule has 1 aromatic carbocycles.